The van der Waals surface area contributed by atoms with Crippen LogP contribution in [-0.2, 0) is 13.6 Å². The summed E-state index contributed by atoms with van der Waals surface area (Å²) in [5.74, 6) is 0. The molecule has 1 aromatic rings. The molecule has 0 saturated carbocycles. The van der Waals surface area contributed by atoms with Gasteiger partial charge in [0.25, 0.3) is 0 Å². The fourth-order valence-corrected chi connectivity index (χ4v) is 1.76. The van der Waals surface area contributed by atoms with E-state index in [1.807, 2.05) is 6.92 Å². The molecule has 7 heteroatoms. The van der Waals surface area contributed by atoms with Crippen LogP contribution in [0.5, 0.6) is 0 Å². The van der Waals surface area contributed by atoms with Gasteiger partial charge in [0.15, 0.2) is 0 Å². The highest BCUT2D eigenvalue weighted by Gasteiger charge is 2.30. The van der Waals surface area contributed by atoms with Crippen LogP contribution in [0.1, 0.15) is 11.3 Å². The smallest absolute Gasteiger partial charge is 0.318 e. The summed E-state index contributed by atoms with van der Waals surface area (Å²) in [6.07, 6.45) is -2.38. The molecule has 0 aromatic carbocycles. The monoisotopic (exact) mass is 264 g/mol. The molecule has 4 nitrogen and oxygen atoms in total. The predicted octanol–water partition coefficient (Wildman–Crippen LogP) is 1.31. The van der Waals surface area contributed by atoms with Gasteiger partial charge in [0.05, 0.1) is 12.2 Å². The van der Waals surface area contributed by atoms with Crippen LogP contribution in [0.15, 0.2) is 6.20 Å². The zero-order valence-corrected chi connectivity index (χ0v) is 10.9. The number of nitrogens with one attached hydrogen (secondary N) is 1. The number of aryl methyl sites for hydroxylation is 2. The van der Waals surface area contributed by atoms with Gasteiger partial charge >= 0.3 is 6.18 Å². The average molecular weight is 264 g/mol. The zero-order chi connectivity index (χ0) is 13.8. The second-order valence-electron chi connectivity index (χ2n) is 4.36. The number of hydrogen-bond acceptors (Lipinski definition) is 3. The van der Waals surface area contributed by atoms with Gasteiger partial charge < -0.3 is 5.32 Å². The molecule has 0 amide bonds. The Kier molecular flexibility index (Phi) is 5.15. The van der Waals surface area contributed by atoms with Gasteiger partial charge in [-0.3, -0.25) is 9.58 Å². The van der Waals surface area contributed by atoms with Crippen LogP contribution in [0.3, 0.4) is 0 Å². The molecule has 1 aromatic heterocycles. The van der Waals surface area contributed by atoms with E-state index in [0.717, 1.165) is 5.56 Å². The maximum atomic E-state index is 12.5. The molecule has 1 rings (SSSR count). The maximum Gasteiger partial charge on any atom is 0.401 e. The lowest BCUT2D eigenvalue weighted by Gasteiger charge is -2.22. The van der Waals surface area contributed by atoms with Crippen LogP contribution >= 0.6 is 0 Å². The first-order chi connectivity index (χ1) is 8.31. The van der Waals surface area contributed by atoms with Crippen molar-refractivity contribution >= 4 is 0 Å². The number of aromatic nitrogens is 2. The lowest BCUT2D eigenvalue weighted by Crippen LogP contribution is -2.38. The minimum Gasteiger partial charge on any atom is -0.318 e. The van der Waals surface area contributed by atoms with Gasteiger partial charge in [0.1, 0.15) is 0 Å². The van der Waals surface area contributed by atoms with Crippen molar-refractivity contribution in [3.63, 3.8) is 0 Å². The molecular formula is C11H19F3N4. The summed E-state index contributed by atoms with van der Waals surface area (Å²) in [5.41, 5.74) is 1.60. The maximum absolute atomic E-state index is 12.5. The van der Waals surface area contributed by atoms with Crippen molar-refractivity contribution in [3.05, 3.63) is 17.5 Å². The van der Waals surface area contributed by atoms with Crippen molar-refractivity contribution < 1.29 is 13.2 Å². The van der Waals surface area contributed by atoms with E-state index in [4.69, 9.17) is 0 Å². The van der Waals surface area contributed by atoms with E-state index in [0.29, 0.717) is 18.8 Å². The molecule has 1 N–H and O–H groups in total. The van der Waals surface area contributed by atoms with E-state index in [1.165, 1.54) is 4.90 Å². The average Bonchev–Trinajstić information content (AvgIpc) is 2.52. The fraction of sp³-hybridized carbons (Fsp3) is 0.727. The molecule has 18 heavy (non-hydrogen) atoms. The van der Waals surface area contributed by atoms with E-state index < -0.39 is 12.7 Å². The van der Waals surface area contributed by atoms with Crippen molar-refractivity contribution in [1.82, 2.24) is 20.0 Å². The van der Waals surface area contributed by atoms with Gasteiger partial charge in [-0.1, -0.05) is 0 Å². The molecule has 0 saturated heterocycles. The highest BCUT2D eigenvalue weighted by molar-refractivity contribution is 5.14. The second-order valence-corrected chi connectivity index (χ2v) is 4.36. The molecule has 0 radical (unpaired) electrons. The normalized spacial score (nSPS) is 12.4. The third kappa shape index (κ3) is 5.05. The van der Waals surface area contributed by atoms with Crippen LogP contribution in [0.25, 0.3) is 0 Å². The number of hydrogen-bond donors (Lipinski definition) is 1. The molecule has 0 atom stereocenters. The van der Waals surface area contributed by atoms with Gasteiger partial charge in [-0.05, 0) is 19.5 Å². The van der Waals surface area contributed by atoms with Crippen molar-refractivity contribution in [2.24, 2.45) is 7.05 Å². The van der Waals surface area contributed by atoms with Gasteiger partial charge in [-0.25, -0.2) is 0 Å². The summed E-state index contributed by atoms with van der Waals surface area (Å²) in [6.45, 7) is 2.01. The second kappa shape index (κ2) is 6.19. The summed E-state index contributed by atoms with van der Waals surface area (Å²) in [4.78, 5) is 1.35. The van der Waals surface area contributed by atoms with Gasteiger partial charge in [0.2, 0.25) is 0 Å². The summed E-state index contributed by atoms with van der Waals surface area (Å²) in [7, 11) is 3.48. The highest BCUT2D eigenvalue weighted by Crippen LogP contribution is 2.18. The Morgan fingerprint density at radius 2 is 2.11 bits per heavy atom. The van der Waals surface area contributed by atoms with Crippen LogP contribution in [0.2, 0.25) is 0 Å². The third-order valence-electron chi connectivity index (χ3n) is 2.57. The summed E-state index contributed by atoms with van der Waals surface area (Å²) in [5, 5.41) is 7.03. The van der Waals surface area contributed by atoms with Crippen LogP contribution < -0.4 is 5.32 Å². The molecule has 0 fully saturated rings. The lowest BCUT2D eigenvalue weighted by molar-refractivity contribution is -0.147. The SMILES string of the molecule is CNCCN(Cc1nn(C)cc1C)CC(F)(F)F. The first kappa shape index (κ1) is 15.0. The Hall–Kier alpha value is -1.08. The molecule has 104 valence electrons. The molecule has 0 aliphatic rings. The van der Waals surface area contributed by atoms with E-state index >= 15 is 0 Å². The van der Waals surface area contributed by atoms with Crippen LogP contribution in [-0.4, -0.2) is 47.5 Å². The molecule has 1 heterocycles. The minimum atomic E-state index is -4.18. The van der Waals surface area contributed by atoms with E-state index in [1.54, 1.807) is 25.0 Å². The van der Waals surface area contributed by atoms with Crippen molar-refractivity contribution in [3.8, 4) is 0 Å². The van der Waals surface area contributed by atoms with Crippen molar-refractivity contribution in [2.45, 2.75) is 19.6 Å². The highest BCUT2D eigenvalue weighted by atomic mass is 19.4. The Bertz CT molecular complexity index is 373. The van der Waals surface area contributed by atoms with Gasteiger partial charge in [0, 0.05) is 32.9 Å². The topological polar surface area (TPSA) is 33.1 Å². The summed E-state index contributed by atoms with van der Waals surface area (Å²) >= 11 is 0. The molecule has 0 unspecified atom stereocenters. The van der Waals surface area contributed by atoms with E-state index in [2.05, 4.69) is 10.4 Å². The largest absolute Gasteiger partial charge is 0.401 e. The first-order valence-electron chi connectivity index (χ1n) is 5.74. The number of rotatable bonds is 6. The number of likely N-dealkylation sites (N-methyl/N-ethyl adjacent to an activating group) is 1. The van der Waals surface area contributed by atoms with E-state index in [-0.39, 0.29) is 6.54 Å². The Morgan fingerprint density at radius 3 is 2.56 bits per heavy atom. The quantitative estimate of drug-likeness (QED) is 0.841. The molecule has 0 aliphatic heterocycles. The number of nitrogens with zero attached hydrogens (tertiary/aromatic N) is 3. The molecular weight excluding hydrogens is 245 g/mol. The third-order valence-corrected chi connectivity index (χ3v) is 2.57. The fourth-order valence-electron chi connectivity index (χ4n) is 1.76. The number of halogens is 3. The minimum absolute atomic E-state index is 0.216. The molecule has 0 aliphatic carbocycles. The van der Waals surface area contributed by atoms with Crippen molar-refractivity contribution in [1.29, 1.82) is 0 Å². The summed E-state index contributed by atoms with van der Waals surface area (Å²) < 4.78 is 39.0. The van der Waals surface area contributed by atoms with Gasteiger partial charge in [-0.2, -0.15) is 18.3 Å². The summed E-state index contributed by atoms with van der Waals surface area (Å²) in [6, 6.07) is 0. The Balaban J connectivity index is 2.68. The Labute approximate surface area is 105 Å². The number of alkyl halides is 3. The van der Waals surface area contributed by atoms with Crippen LogP contribution in [0, 0.1) is 6.92 Å². The predicted molar refractivity (Wildman–Crippen MR) is 63.2 cm³/mol. The van der Waals surface area contributed by atoms with E-state index in [9.17, 15) is 13.2 Å². The molecule has 0 bridgehead atoms. The standard InChI is InChI=1S/C11H19F3N4/c1-9-6-17(3)16-10(9)7-18(5-4-15-2)8-11(12,13)14/h6,15H,4-5,7-8H2,1-3H3. The van der Waals surface area contributed by atoms with Gasteiger partial charge in [-0.15, -0.1) is 0 Å². The zero-order valence-electron chi connectivity index (χ0n) is 10.9. The molecule has 0 spiro atoms. The Morgan fingerprint density at radius 1 is 1.44 bits per heavy atom. The van der Waals surface area contributed by atoms with Crippen LogP contribution in [0.4, 0.5) is 13.2 Å². The lowest BCUT2D eigenvalue weighted by atomic mass is 10.2. The van der Waals surface area contributed by atoms with Crippen molar-refractivity contribution in [2.75, 3.05) is 26.7 Å². The first-order valence-corrected chi connectivity index (χ1v) is 5.74.